The van der Waals surface area contributed by atoms with Crippen LogP contribution in [0.3, 0.4) is 0 Å². The van der Waals surface area contributed by atoms with Gasteiger partial charge in [0.05, 0.1) is 33.4 Å². The highest BCUT2D eigenvalue weighted by Crippen LogP contribution is 2.36. The van der Waals surface area contributed by atoms with Crippen LogP contribution < -0.4 is 14.9 Å². The molecule has 0 radical (unpaired) electrons. The summed E-state index contributed by atoms with van der Waals surface area (Å²) in [4.78, 5) is 43.9. The van der Waals surface area contributed by atoms with E-state index in [1.165, 1.54) is 23.5 Å². The van der Waals surface area contributed by atoms with Gasteiger partial charge in [-0.25, -0.2) is 9.79 Å². The number of rotatable bonds is 8. The van der Waals surface area contributed by atoms with Crippen LogP contribution in [0, 0.1) is 17.0 Å². The second-order valence-electron chi connectivity index (χ2n) is 11.2. The van der Waals surface area contributed by atoms with E-state index in [9.17, 15) is 19.7 Å². The number of aryl methyl sites for hydroxylation is 1. The van der Waals surface area contributed by atoms with Crippen LogP contribution in [0.1, 0.15) is 60.7 Å². The van der Waals surface area contributed by atoms with Gasteiger partial charge in [-0.2, -0.15) is 0 Å². The third-order valence-electron chi connectivity index (χ3n) is 7.88. The maximum absolute atomic E-state index is 14.2. The predicted molar refractivity (Wildman–Crippen MR) is 177 cm³/mol. The van der Waals surface area contributed by atoms with Gasteiger partial charge < -0.3 is 9.15 Å². The summed E-state index contributed by atoms with van der Waals surface area (Å²) in [7, 11) is 0. The summed E-state index contributed by atoms with van der Waals surface area (Å²) in [6, 6.07) is 24.7. The number of nitro benzene ring substituents is 1. The molecule has 1 aliphatic heterocycles. The number of aromatic nitrogens is 1. The van der Waals surface area contributed by atoms with E-state index in [2.05, 4.69) is 13.8 Å². The van der Waals surface area contributed by atoms with Crippen LogP contribution in [-0.4, -0.2) is 22.1 Å². The molecule has 2 aromatic heterocycles. The van der Waals surface area contributed by atoms with Crippen LogP contribution in [-0.2, 0) is 9.53 Å². The molecule has 1 atom stereocenters. The van der Waals surface area contributed by atoms with Crippen molar-refractivity contribution in [3.8, 4) is 11.3 Å². The Balaban J connectivity index is 1.53. The molecule has 0 N–H and O–H groups in total. The van der Waals surface area contributed by atoms with Crippen molar-refractivity contribution in [1.29, 1.82) is 0 Å². The van der Waals surface area contributed by atoms with Gasteiger partial charge in [-0.05, 0) is 54.7 Å². The molecule has 0 saturated heterocycles. The van der Waals surface area contributed by atoms with E-state index in [0.717, 1.165) is 16.7 Å². The zero-order chi connectivity index (χ0) is 32.5. The third-order valence-corrected chi connectivity index (χ3v) is 8.86. The summed E-state index contributed by atoms with van der Waals surface area (Å²) >= 11 is 1.21. The van der Waals surface area contributed by atoms with Crippen molar-refractivity contribution >= 4 is 34.8 Å². The van der Waals surface area contributed by atoms with E-state index < -0.39 is 16.9 Å². The molecule has 0 fully saturated rings. The summed E-state index contributed by atoms with van der Waals surface area (Å²) in [5.74, 6) is 0.727. The highest BCUT2D eigenvalue weighted by atomic mass is 32.1. The van der Waals surface area contributed by atoms with E-state index in [1.54, 1.807) is 42.7 Å². The molecule has 0 spiro atoms. The fourth-order valence-electron chi connectivity index (χ4n) is 5.56. The number of carbonyl (C=O) groups excluding carboxylic acids is 1. The first-order chi connectivity index (χ1) is 22.2. The molecule has 0 saturated carbocycles. The number of nitro groups is 1. The molecule has 3 heterocycles. The van der Waals surface area contributed by atoms with Gasteiger partial charge in [0.1, 0.15) is 11.5 Å². The lowest BCUT2D eigenvalue weighted by Gasteiger charge is -2.26. The second kappa shape index (κ2) is 12.6. The summed E-state index contributed by atoms with van der Waals surface area (Å²) in [5.41, 5.74) is 4.47. The molecular weight excluding hydrogens is 602 g/mol. The predicted octanol–water partition coefficient (Wildman–Crippen LogP) is 6.54. The fraction of sp³-hybridized carbons (Fsp3) is 0.194. The van der Waals surface area contributed by atoms with Gasteiger partial charge in [0.2, 0.25) is 0 Å². The molecule has 0 bridgehead atoms. The lowest BCUT2D eigenvalue weighted by atomic mass is 9.91. The largest absolute Gasteiger partial charge is 0.463 e. The number of non-ortho nitro benzene ring substituents is 1. The van der Waals surface area contributed by atoms with Gasteiger partial charge in [-0.15, -0.1) is 0 Å². The molecule has 0 aliphatic carbocycles. The van der Waals surface area contributed by atoms with Crippen molar-refractivity contribution in [3.63, 3.8) is 0 Å². The van der Waals surface area contributed by atoms with Crippen molar-refractivity contribution in [1.82, 2.24) is 4.57 Å². The topological polar surface area (TPSA) is 117 Å². The van der Waals surface area contributed by atoms with Crippen LogP contribution in [0.15, 0.2) is 105 Å². The van der Waals surface area contributed by atoms with Crippen LogP contribution >= 0.6 is 11.3 Å². The number of esters is 1. The maximum Gasteiger partial charge on any atom is 0.338 e. The summed E-state index contributed by atoms with van der Waals surface area (Å²) in [6.45, 7) is 7.92. The van der Waals surface area contributed by atoms with Crippen LogP contribution in [0.2, 0.25) is 0 Å². The Hall–Kier alpha value is -5.35. The first-order valence-corrected chi connectivity index (χ1v) is 15.7. The number of carbonyl (C=O) groups is 1. The minimum Gasteiger partial charge on any atom is -0.463 e. The Bertz CT molecular complexity index is 2170. The SMILES string of the molecule is CCOC(=O)C1=C(c2ccccc2)N=c2s/c(=C\c3ccc(-c4ccc([N+](=O)[O-])cc4C)o3)c(=O)n2[C@@H]1c1ccc(C(C)C)cc1. The number of fused-ring (bicyclic) bond motifs is 1. The number of hydrogen-bond acceptors (Lipinski definition) is 8. The maximum atomic E-state index is 14.2. The number of ether oxygens (including phenoxy) is 1. The molecule has 5 aromatic rings. The lowest BCUT2D eigenvalue weighted by Crippen LogP contribution is -2.40. The number of hydrogen-bond donors (Lipinski definition) is 0. The number of benzene rings is 3. The average molecular weight is 634 g/mol. The van der Waals surface area contributed by atoms with E-state index in [1.807, 2.05) is 54.6 Å². The molecule has 9 nitrogen and oxygen atoms in total. The van der Waals surface area contributed by atoms with Crippen LogP contribution in [0.4, 0.5) is 5.69 Å². The summed E-state index contributed by atoms with van der Waals surface area (Å²) in [6.07, 6.45) is 1.66. The number of nitrogens with zero attached hydrogens (tertiary/aromatic N) is 3. The highest BCUT2D eigenvalue weighted by molar-refractivity contribution is 7.07. The smallest absolute Gasteiger partial charge is 0.338 e. The zero-order valence-electron chi connectivity index (χ0n) is 25.7. The Morgan fingerprint density at radius 1 is 1.09 bits per heavy atom. The Morgan fingerprint density at radius 3 is 2.48 bits per heavy atom. The van der Waals surface area contributed by atoms with E-state index in [-0.39, 0.29) is 17.9 Å². The van der Waals surface area contributed by atoms with Gasteiger partial charge in [0.25, 0.3) is 11.2 Å². The van der Waals surface area contributed by atoms with Gasteiger partial charge in [-0.3, -0.25) is 19.5 Å². The lowest BCUT2D eigenvalue weighted by molar-refractivity contribution is -0.384. The van der Waals surface area contributed by atoms with Gasteiger partial charge in [0.15, 0.2) is 4.80 Å². The molecule has 232 valence electrons. The Morgan fingerprint density at radius 2 is 1.83 bits per heavy atom. The van der Waals surface area contributed by atoms with Gasteiger partial charge >= 0.3 is 5.97 Å². The summed E-state index contributed by atoms with van der Waals surface area (Å²) in [5, 5.41) is 11.2. The molecule has 0 amide bonds. The van der Waals surface area contributed by atoms with Crippen molar-refractivity contribution in [2.24, 2.45) is 4.99 Å². The first-order valence-electron chi connectivity index (χ1n) is 14.9. The van der Waals surface area contributed by atoms with Crippen molar-refractivity contribution < 1.29 is 18.9 Å². The number of furan rings is 1. The fourth-order valence-corrected chi connectivity index (χ4v) is 6.54. The van der Waals surface area contributed by atoms with E-state index >= 15 is 0 Å². The van der Waals surface area contributed by atoms with Crippen molar-refractivity contribution in [2.75, 3.05) is 6.61 Å². The van der Waals surface area contributed by atoms with Crippen LogP contribution in [0.25, 0.3) is 23.1 Å². The van der Waals surface area contributed by atoms with Crippen molar-refractivity contribution in [2.45, 2.75) is 39.7 Å². The molecular formula is C36H31N3O6S. The first kappa shape index (κ1) is 30.7. The molecule has 3 aromatic carbocycles. The minimum atomic E-state index is -0.774. The molecule has 1 aliphatic rings. The van der Waals surface area contributed by atoms with Crippen molar-refractivity contribution in [3.05, 3.63) is 148 Å². The molecule has 46 heavy (non-hydrogen) atoms. The average Bonchev–Trinajstić information content (AvgIpc) is 3.64. The van der Waals surface area contributed by atoms with E-state index in [4.69, 9.17) is 14.1 Å². The Labute approximate surface area is 268 Å². The Kier molecular flexibility index (Phi) is 8.38. The van der Waals surface area contributed by atoms with Gasteiger partial charge in [-0.1, -0.05) is 79.8 Å². The standard InChI is InChI=1S/C36H31N3O6S/c1-5-44-35(41)31-32(24-9-7-6-8-10-24)37-36-38(33(31)25-13-11-23(12-14-25)21(2)3)34(40)30(46-36)20-27-16-18-29(45-27)28-17-15-26(39(42)43)19-22(28)4/h6-21,33H,5H2,1-4H3/b30-20-/t33-/m1/s1. The zero-order valence-corrected chi connectivity index (χ0v) is 26.5. The monoisotopic (exact) mass is 633 g/mol. The third kappa shape index (κ3) is 5.75. The number of thiazole rings is 1. The normalized spacial score (nSPS) is 14.7. The van der Waals surface area contributed by atoms with Gasteiger partial charge in [0, 0.05) is 29.3 Å². The molecule has 10 heteroatoms. The highest BCUT2D eigenvalue weighted by Gasteiger charge is 2.35. The molecule has 0 unspecified atom stereocenters. The van der Waals surface area contributed by atoms with Crippen LogP contribution in [0.5, 0.6) is 0 Å². The summed E-state index contributed by atoms with van der Waals surface area (Å²) < 4.78 is 13.6. The minimum absolute atomic E-state index is 0.000371. The quantitative estimate of drug-likeness (QED) is 0.109. The molecule has 6 rings (SSSR count). The van der Waals surface area contributed by atoms with E-state index in [0.29, 0.717) is 49.2 Å². The second-order valence-corrected chi connectivity index (χ2v) is 12.2.